The van der Waals surface area contributed by atoms with E-state index in [9.17, 15) is 13.2 Å². The van der Waals surface area contributed by atoms with Crippen LogP contribution in [0.4, 0.5) is 5.69 Å². The van der Waals surface area contributed by atoms with E-state index in [4.69, 9.17) is 0 Å². The van der Waals surface area contributed by atoms with Crippen LogP contribution in [0.25, 0.3) is 0 Å². The minimum absolute atomic E-state index is 0. The summed E-state index contributed by atoms with van der Waals surface area (Å²) in [6.45, 7) is 1.79. The number of hydrogen-bond donors (Lipinski definition) is 3. The van der Waals surface area contributed by atoms with Crippen LogP contribution in [0.1, 0.15) is 23.2 Å². The molecule has 3 rings (SSSR count). The number of nitrogens with one attached hydrogen (secondary N) is 3. The Morgan fingerprint density at radius 2 is 1.58 bits per heavy atom. The molecule has 2 aromatic rings. The van der Waals surface area contributed by atoms with Gasteiger partial charge in [-0.25, -0.2) is 8.42 Å². The molecular weight excluding hydrogens is 374 g/mol. The van der Waals surface area contributed by atoms with Crippen molar-refractivity contribution >= 4 is 34.0 Å². The van der Waals surface area contributed by atoms with E-state index in [0.717, 1.165) is 25.9 Å². The minimum Gasteiger partial charge on any atom is -0.349 e. The summed E-state index contributed by atoms with van der Waals surface area (Å²) < 4.78 is 27.3. The number of carbonyl (C=O) groups excluding carboxylic acids is 1. The molecule has 1 aliphatic rings. The molecular formula is C18H22ClN3O3S. The molecule has 1 aliphatic heterocycles. The molecule has 140 valence electrons. The molecule has 3 N–H and O–H groups in total. The van der Waals surface area contributed by atoms with Gasteiger partial charge in [-0.05, 0) is 62.3 Å². The number of benzene rings is 2. The van der Waals surface area contributed by atoms with Crippen molar-refractivity contribution in [3.63, 3.8) is 0 Å². The first-order valence-corrected chi connectivity index (χ1v) is 9.72. The molecule has 1 amide bonds. The van der Waals surface area contributed by atoms with Crippen LogP contribution in [0.3, 0.4) is 0 Å². The third kappa shape index (κ3) is 5.20. The minimum atomic E-state index is -3.67. The lowest BCUT2D eigenvalue weighted by molar-refractivity contribution is 0.0929. The van der Waals surface area contributed by atoms with Gasteiger partial charge in [-0.1, -0.05) is 18.2 Å². The molecule has 1 heterocycles. The fraction of sp³-hybridized carbons (Fsp3) is 0.278. The molecule has 0 unspecified atom stereocenters. The van der Waals surface area contributed by atoms with Crippen molar-refractivity contribution in [2.45, 2.75) is 23.8 Å². The second-order valence-electron chi connectivity index (χ2n) is 5.99. The van der Waals surface area contributed by atoms with E-state index >= 15 is 0 Å². The van der Waals surface area contributed by atoms with Crippen LogP contribution in [-0.4, -0.2) is 33.5 Å². The number of halogens is 1. The number of piperidine rings is 1. The Kier molecular flexibility index (Phi) is 7.02. The van der Waals surface area contributed by atoms with Crippen molar-refractivity contribution in [1.82, 2.24) is 10.6 Å². The highest BCUT2D eigenvalue weighted by atomic mass is 35.5. The summed E-state index contributed by atoms with van der Waals surface area (Å²) in [6.07, 6.45) is 1.80. The second kappa shape index (κ2) is 9.02. The summed E-state index contributed by atoms with van der Waals surface area (Å²) in [6, 6.07) is 14.8. The van der Waals surface area contributed by atoms with Gasteiger partial charge in [0.1, 0.15) is 0 Å². The third-order valence-electron chi connectivity index (χ3n) is 4.13. The highest BCUT2D eigenvalue weighted by molar-refractivity contribution is 7.92. The Balaban J connectivity index is 0.00000243. The van der Waals surface area contributed by atoms with Crippen LogP contribution in [0.2, 0.25) is 0 Å². The zero-order valence-corrected chi connectivity index (χ0v) is 15.8. The summed E-state index contributed by atoms with van der Waals surface area (Å²) in [7, 11) is -3.67. The average molecular weight is 396 g/mol. The van der Waals surface area contributed by atoms with Crippen LogP contribution in [0, 0.1) is 0 Å². The van der Waals surface area contributed by atoms with E-state index in [1.807, 2.05) is 6.07 Å². The molecule has 6 nitrogen and oxygen atoms in total. The number of rotatable bonds is 5. The smallest absolute Gasteiger partial charge is 0.261 e. The predicted molar refractivity (Wildman–Crippen MR) is 104 cm³/mol. The van der Waals surface area contributed by atoms with E-state index in [2.05, 4.69) is 15.4 Å². The van der Waals surface area contributed by atoms with Gasteiger partial charge < -0.3 is 10.6 Å². The summed E-state index contributed by atoms with van der Waals surface area (Å²) in [5, 5.41) is 6.24. The quantitative estimate of drug-likeness (QED) is 0.725. The number of anilines is 1. The number of para-hydroxylation sites is 1. The Bertz CT molecular complexity index is 821. The van der Waals surface area contributed by atoms with Gasteiger partial charge >= 0.3 is 0 Å². The summed E-state index contributed by atoms with van der Waals surface area (Å²) in [5.74, 6) is -0.174. The molecule has 0 bridgehead atoms. The van der Waals surface area contributed by atoms with E-state index in [1.165, 1.54) is 24.3 Å². The SMILES string of the molecule is Cl.O=C(NC1CCNCC1)c1ccc(S(=O)(=O)Nc2ccccc2)cc1. The molecule has 0 radical (unpaired) electrons. The predicted octanol–water partition coefficient (Wildman–Crippen LogP) is 2.39. The van der Waals surface area contributed by atoms with Crippen molar-refractivity contribution in [3.8, 4) is 0 Å². The molecule has 26 heavy (non-hydrogen) atoms. The summed E-state index contributed by atoms with van der Waals surface area (Å²) in [4.78, 5) is 12.4. The Morgan fingerprint density at radius 1 is 0.962 bits per heavy atom. The molecule has 0 atom stereocenters. The average Bonchev–Trinajstić information content (AvgIpc) is 2.63. The molecule has 0 saturated carbocycles. The van der Waals surface area contributed by atoms with E-state index in [-0.39, 0.29) is 29.3 Å². The zero-order chi connectivity index (χ0) is 17.7. The highest BCUT2D eigenvalue weighted by Crippen LogP contribution is 2.16. The molecule has 1 saturated heterocycles. The number of sulfonamides is 1. The Hall–Kier alpha value is -2.09. The summed E-state index contributed by atoms with van der Waals surface area (Å²) >= 11 is 0. The van der Waals surface area contributed by atoms with Crippen LogP contribution in [0.5, 0.6) is 0 Å². The van der Waals surface area contributed by atoms with Crippen molar-refractivity contribution in [2.75, 3.05) is 17.8 Å². The first kappa shape index (κ1) is 20.2. The van der Waals surface area contributed by atoms with Crippen LogP contribution in [-0.2, 0) is 10.0 Å². The van der Waals surface area contributed by atoms with Crippen molar-refractivity contribution in [2.24, 2.45) is 0 Å². The lowest BCUT2D eigenvalue weighted by atomic mass is 10.1. The topological polar surface area (TPSA) is 87.3 Å². The van der Waals surface area contributed by atoms with Gasteiger partial charge in [0, 0.05) is 17.3 Å². The maximum absolute atomic E-state index is 12.4. The van der Waals surface area contributed by atoms with Gasteiger partial charge in [-0.3, -0.25) is 9.52 Å². The Morgan fingerprint density at radius 3 is 2.19 bits per heavy atom. The first-order chi connectivity index (χ1) is 12.0. The lowest BCUT2D eigenvalue weighted by Gasteiger charge is -2.23. The van der Waals surface area contributed by atoms with Gasteiger partial charge in [0.2, 0.25) is 0 Å². The monoisotopic (exact) mass is 395 g/mol. The van der Waals surface area contributed by atoms with Gasteiger partial charge in [-0.15, -0.1) is 12.4 Å². The molecule has 0 spiro atoms. The van der Waals surface area contributed by atoms with Crippen LogP contribution in [0.15, 0.2) is 59.5 Å². The van der Waals surface area contributed by atoms with Crippen molar-refractivity contribution in [3.05, 3.63) is 60.2 Å². The van der Waals surface area contributed by atoms with Gasteiger partial charge in [0.15, 0.2) is 0 Å². The Labute approximate surface area is 159 Å². The van der Waals surface area contributed by atoms with Crippen LogP contribution < -0.4 is 15.4 Å². The molecule has 0 aliphatic carbocycles. The second-order valence-corrected chi connectivity index (χ2v) is 7.68. The van der Waals surface area contributed by atoms with E-state index in [0.29, 0.717) is 11.3 Å². The van der Waals surface area contributed by atoms with Crippen LogP contribution >= 0.6 is 12.4 Å². The fourth-order valence-corrected chi connectivity index (χ4v) is 3.80. The maximum Gasteiger partial charge on any atom is 0.261 e. The first-order valence-electron chi connectivity index (χ1n) is 8.24. The van der Waals surface area contributed by atoms with Gasteiger partial charge in [0.25, 0.3) is 15.9 Å². The maximum atomic E-state index is 12.4. The largest absolute Gasteiger partial charge is 0.349 e. The third-order valence-corrected chi connectivity index (χ3v) is 5.52. The normalized spacial score (nSPS) is 14.9. The van der Waals surface area contributed by atoms with Crippen molar-refractivity contribution < 1.29 is 13.2 Å². The molecule has 1 fully saturated rings. The van der Waals surface area contributed by atoms with Crippen molar-refractivity contribution in [1.29, 1.82) is 0 Å². The molecule has 2 aromatic carbocycles. The standard InChI is InChI=1S/C18H21N3O3S.ClH/c22-18(20-15-10-12-19-13-11-15)14-6-8-17(9-7-14)25(23,24)21-16-4-2-1-3-5-16;/h1-9,15,19,21H,10-13H2,(H,20,22);1H. The zero-order valence-electron chi connectivity index (χ0n) is 14.1. The molecule has 0 aromatic heterocycles. The van der Waals surface area contributed by atoms with E-state index < -0.39 is 10.0 Å². The number of amides is 1. The fourth-order valence-electron chi connectivity index (χ4n) is 2.74. The number of hydrogen-bond acceptors (Lipinski definition) is 4. The lowest BCUT2D eigenvalue weighted by Crippen LogP contribution is -2.42. The summed E-state index contributed by atoms with van der Waals surface area (Å²) in [5.41, 5.74) is 0.951. The van der Waals surface area contributed by atoms with Gasteiger partial charge in [0.05, 0.1) is 4.90 Å². The highest BCUT2D eigenvalue weighted by Gasteiger charge is 2.18. The van der Waals surface area contributed by atoms with E-state index in [1.54, 1.807) is 24.3 Å². The number of carbonyl (C=O) groups is 1. The van der Waals surface area contributed by atoms with Gasteiger partial charge in [-0.2, -0.15) is 0 Å². The molecule has 8 heteroatoms.